The number of methoxy groups -OCH3 is 1. The number of carboxylic acids is 1. The van der Waals surface area contributed by atoms with Gasteiger partial charge in [-0.05, 0) is 29.8 Å². The molecule has 122 valence electrons. The van der Waals surface area contributed by atoms with E-state index in [4.69, 9.17) is 9.84 Å². The molecule has 24 heavy (non-hydrogen) atoms. The first-order valence-electron chi connectivity index (χ1n) is 7.25. The molecule has 3 rings (SSSR count). The van der Waals surface area contributed by atoms with Gasteiger partial charge in [0.05, 0.1) is 23.8 Å². The number of ether oxygens (including phenoxy) is 2. The lowest BCUT2D eigenvalue weighted by Gasteiger charge is -2.11. The van der Waals surface area contributed by atoms with Gasteiger partial charge in [-0.25, -0.2) is 14.4 Å². The highest BCUT2D eigenvalue weighted by molar-refractivity contribution is 5.98. The van der Waals surface area contributed by atoms with Crippen LogP contribution in [0.25, 0.3) is 0 Å². The van der Waals surface area contributed by atoms with Crippen molar-refractivity contribution in [2.75, 3.05) is 7.11 Å². The lowest BCUT2D eigenvalue weighted by atomic mass is 9.97. The standard InChI is InChI=1S/C18H14O6/c1-23-17(21)12-5-6-13-14(9-12)18(22)24-15(13)8-10-3-2-4-11(7-10)16(19)20/h2-7,9,15H,8H2,1H3,(H,19,20). The number of fused-ring (bicyclic) bond motifs is 1. The van der Waals surface area contributed by atoms with Gasteiger partial charge in [0, 0.05) is 12.0 Å². The molecule has 1 N–H and O–H groups in total. The van der Waals surface area contributed by atoms with Gasteiger partial charge in [0.1, 0.15) is 6.10 Å². The van der Waals surface area contributed by atoms with Crippen molar-refractivity contribution in [3.63, 3.8) is 0 Å². The lowest BCUT2D eigenvalue weighted by molar-refractivity contribution is 0.0386. The number of rotatable bonds is 4. The summed E-state index contributed by atoms with van der Waals surface area (Å²) in [5, 5.41) is 9.05. The Balaban J connectivity index is 1.88. The van der Waals surface area contributed by atoms with Crippen LogP contribution < -0.4 is 0 Å². The van der Waals surface area contributed by atoms with Crippen LogP contribution in [0.2, 0.25) is 0 Å². The van der Waals surface area contributed by atoms with Crippen molar-refractivity contribution in [1.82, 2.24) is 0 Å². The summed E-state index contributed by atoms with van der Waals surface area (Å²) in [6, 6.07) is 11.2. The highest BCUT2D eigenvalue weighted by atomic mass is 16.5. The second-order valence-electron chi connectivity index (χ2n) is 5.40. The fourth-order valence-corrected chi connectivity index (χ4v) is 2.71. The van der Waals surface area contributed by atoms with Crippen molar-refractivity contribution in [1.29, 1.82) is 0 Å². The maximum Gasteiger partial charge on any atom is 0.339 e. The SMILES string of the molecule is COC(=O)c1ccc2c(c1)C(=O)OC2Cc1cccc(C(=O)O)c1. The monoisotopic (exact) mass is 326 g/mol. The number of carbonyl (C=O) groups is 3. The Bertz CT molecular complexity index is 839. The zero-order valence-electron chi connectivity index (χ0n) is 12.8. The molecule has 1 aliphatic heterocycles. The van der Waals surface area contributed by atoms with E-state index in [1.54, 1.807) is 30.3 Å². The molecule has 0 fully saturated rings. The predicted octanol–water partition coefficient (Wildman–Crippen LogP) is 2.63. The molecule has 0 spiro atoms. The molecule has 1 unspecified atom stereocenters. The van der Waals surface area contributed by atoms with Gasteiger partial charge in [0.2, 0.25) is 0 Å². The molecule has 1 heterocycles. The Hall–Kier alpha value is -3.15. The van der Waals surface area contributed by atoms with Crippen LogP contribution in [0.4, 0.5) is 0 Å². The van der Waals surface area contributed by atoms with E-state index in [1.807, 2.05) is 0 Å². The summed E-state index contributed by atoms with van der Waals surface area (Å²) in [4.78, 5) is 34.6. The summed E-state index contributed by atoms with van der Waals surface area (Å²) in [6.07, 6.45) is -0.152. The Morgan fingerprint density at radius 1 is 1.17 bits per heavy atom. The molecule has 0 radical (unpaired) electrons. The Labute approximate surface area is 137 Å². The number of carbonyl (C=O) groups excluding carboxylic acids is 2. The first-order valence-corrected chi connectivity index (χ1v) is 7.25. The second kappa shape index (κ2) is 6.16. The zero-order chi connectivity index (χ0) is 17.3. The van der Waals surface area contributed by atoms with E-state index in [0.29, 0.717) is 17.5 Å². The van der Waals surface area contributed by atoms with Gasteiger partial charge in [-0.2, -0.15) is 0 Å². The molecule has 1 aliphatic rings. The third-order valence-corrected chi connectivity index (χ3v) is 3.89. The highest BCUT2D eigenvalue weighted by Crippen LogP contribution is 2.34. The third kappa shape index (κ3) is 2.86. The van der Waals surface area contributed by atoms with Crippen molar-refractivity contribution in [3.05, 3.63) is 70.3 Å². The van der Waals surface area contributed by atoms with E-state index >= 15 is 0 Å². The van der Waals surface area contributed by atoms with E-state index in [-0.39, 0.29) is 11.1 Å². The van der Waals surface area contributed by atoms with E-state index in [2.05, 4.69) is 4.74 Å². The molecule has 0 aliphatic carbocycles. The van der Waals surface area contributed by atoms with Gasteiger partial charge in [-0.15, -0.1) is 0 Å². The van der Waals surface area contributed by atoms with Crippen LogP contribution in [0.1, 0.15) is 48.3 Å². The second-order valence-corrected chi connectivity index (χ2v) is 5.40. The topological polar surface area (TPSA) is 89.9 Å². The number of benzene rings is 2. The maximum absolute atomic E-state index is 12.0. The normalized spacial score (nSPS) is 15.5. The molecule has 0 bridgehead atoms. The van der Waals surface area contributed by atoms with Crippen molar-refractivity contribution < 1.29 is 29.0 Å². The number of hydrogen-bond donors (Lipinski definition) is 1. The summed E-state index contributed by atoms with van der Waals surface area (Å²) in [7, 11) is 1.27. The summed E-state index contributed by atoms with van der Waals surface area (Å²) >= 11 is 0. The van der Waals surface area contributed by atoms with Crippen LogP contribution in [0.5, 0.6) is 0 Å². The van der Waals surface area contributed by atoms with Crippen LogP contribution in [0, 0.1) is 0 Å². The molecule has 0 saturated carbocycles. The molecule has 2 aromatic rings. The van der Waals surface area contributed by atoms with Crippen molar-refractivity contribution in [2.45, 2.75) is 12.5 Å². The minimum atomic E-state index is -1.01. The van der Waals surface area contributed by atoms with Gasteiger partial charge in [-0.1, -0.05) is 18.2 Å². The maximum atomic E-state index is 12.0. The number of carboxylic acid groups (broad SMARTS) is 1. The zero-order valence-corrected chi connectivity index (χ0v) is 12.8. The smallest absolute Gasteiger partial charge is 0.339 e. The fourth-order valence-electron chi connectivity index (χ4n) is 2.71. The number of hydrogen-bond acceptors (Lipinski definition) is 5. The molecular weight excluding hydrogens is 312 g/mol. The molecule has 0 amide bonds. The van der Waals surface area contributed by atoms with Gasteiger partial charge >= 0.3 is 17.9 Å². The van der Waals surface area contributed by atoms with Crippen LogP contribution in [0.15, 0.2) is 42.5 Å². The van der Waals surface area contributed by atoms with E-state index in [0.717, 1.165) is 5.56 Å². The van der Waals surface area contributed by atoms with E-state index in [9.17, 15) is 14.4 Å². The average molecular weight is 326 g/mol. The summed E-state index contributed by atoms with van der Waals surface area (Å²) in [6.45, 7) is 0. The van der Waals surface area contributed by atoms with Crippen molar-refractivity contribution in [2.24, 2.45) is 0 Å². The van der Waals surface area contributed by atoms with Crippen LogP contribution >= 0.6 is 0 Å². The van der Waals surface area contributed by atoms with Gasteiger partial charge in [0.15, 0.2) is 0 Å². The average Bonchev–Trinajstić information content (AvgIpc) is 2.89. The number of esters is 2. The van der Waals surface area contributed by atoms with Gasteiger partial charge < -0.3 is 14.6 Å². The Morgan fingerprint density at radius 3 is 2.67 bits per heavy atom. The van der Waals surface area contributed by atoms with Crippen LogP contribution in [-0.2, 0) is 15.9 Å². The van der Waals surface area contributed by atoms with Gasteiger partial charge in [0.25, 0.3) is 0 Å². The fraction of sp³-hybridized carbons (Fsp3) is 0.167. The molecule has 0 aromatic heterocycles. The van der Waals surface area contributed by atoms with Crippen LogP contribution in [-0.4, -0.2) is 30.1 Å². The summed E-state index contributed by atoms with van der Waals surface area (Å²) in [5.41, 5.74) is 2.21. The molecular formula is C18H14O6. The minimum absolute atomic E-state index is 0.179. The van der Waals surface area contributed by atoms with Crippen molar-refractivity contribution in [3.8, 4) is 0 Å². The quantitative estimate of drug-likeness (QED) is 0.869. The minimum Gasteiger partial charge on any atom is -0.478 e. The van der Waals surface area contributed by atoms with Gasteiger partial charge in [-0.3, -0.25) is 0 Å². The molecule has 6 nitrogen and oxygen atoms in total. The van der Waals surface area contributed by atoms with Crippen molar-refractivity contribution >= 4 is 17.9 Å². The molecule has 1 atom stereocenters. The van der Waals surface area contributed by atoms with Crippen LogP contribution in [0.3, 0.4) is 0 Å². The molecule has 6 heteroatoms. The third-order valence-electron chi connectivity index (χ3n) is 3.89. The lowest BCUT2D eigenvalue weighted by Crippen LogP contribution is -2.04. The first kappa shape index (κ1) is 15.7. The largest absolute Gasteiger partial charge is 0.478 e. The summed E-state index contributed by atoms with van der Waals surface area (Å²) < 4.78 is 10.0. The molecule has 0 saturated heterocycles. The summed E-state index contributed by atoms with van der Waals surface area (Å²) in [5.74, 6) is -2.04. The first-order chi connectivity index (χ1) is 11.5. The van der Waals surface area contributed by atoms with E-state index in [1.165, 1.54) is 19.2 Å². The number of aromatic carboxylic acids is 1. The highest BCUT2D eigenvalue weighted by Gasteiger charge is 2.32. The predicted molar refractivity (Wildman–Crippen MR) is 83.0 cm³/mol. The Morgan fingerprint density at radius 2 is 1.96 bits per heavy atom. The number of cyclic esters (lactones) is 1. The molecule has 2 aromatic carbocycles. The Kier molecular flexibility index (Phi) is 4.04. The van der Waals surface area contributed by atoms with E-state index < -0.39 is 24.0 Å².